The molecule has 1 aromatic heterocycles. The molecular weight excluding hydrogens is 384 g/mol. The highest BCUT2D eigenvalue weighted by Crippen LogP contribution is 2.37. The first-order valence-electron chi connectivity index (χ1n) is 6.71. The first-order chi connectivity index (χ1) is 11.1. The van der Waals surface area contributed by atoms with Gasteiger partial charge in [0.2, 0.25) is 11.5 Å². The molecule has 0 atom stereocenters. The number of nitrogens with zero attached hydrogens (tertiary/aromatic N) is 2. The van der Waals surface area contributed by atoms with Crippen molar-refractivity contribution in [2.75, 3.05) is 0 Å². The first-order valence-corrected chi connectivity index (χ1v) is 7.51. The van der Waals surface area contributed by atoms with Gasteiger partial charge in [-0.2, -0.15) is 4.73 Å². The molecule has 0 spiro atoms. The van der Waals surface area contributed by atoms with Gasteiger partial charge in [-0.1, -0.05) is 0 Å². The number of hydrogen-bond acceptors (Lipinski definition) is 6. The summed E-state index contributed by atoms with van der Waals surface area (Å²) in [7, 11) is 0. The van der Waals surface area contributed by atoms with Crippen LogP contribution in [0.4, 0.5) is 5.69 Å². The lowest BCUT2D eigenvalue weighted by Crippen LogP contribution is -2.35. The van der Waals surface area contributed by atoms with Crippen LogP contribution in [-0.4, -0.2) is 20.9 Å². The monoisotopic (exact) mass is 396 g/mol. The average Bonchev–Trinajstić information content (AvgIpc) is 2.53. The van der Waals surface area contributed by atoms with Crippen molar-refractivity contribution in [3.05, 3.63) is 60.0 Å². The zero-order valence-corrected chi connectivity index (χ0v) is 14.5. The van der Waals surface area contributed by atoms with Crippen molar-refractivity contribution >= 4 is 27.4 Å². The molecule has 0 aliphatic rings. The summed E-state index contributed by atoms with van der Waals surface area (Å²) in [5.41, 5.74) is 0.568. The van der Waals surface area contributed by atoms with Crippen molar-refractivity contribution in [3.63, 3.8) is 0 Å². The van der Waals surface area contributed by atoms with Crippen molar-refractivity contribution in [3.8, 4) is 11.5 Å². The summed E-state index contributed by atoms with van der Waals surface area (Å²) in [5.74, 6) is -2.41. The summed E-state index contributed by atoms with van der Waals surface area (Å²) >= 11 is 3.08. The normalized spacial score (nSPS) is 10.7. The lowest BCUT2D eigenvalue weighted by atomic mass is 9.96. The predicted octanol–water partition coefficient (Wildman–Crippen LogP) is 2.56. The second-order valence-corrected chi connectivity index (χ2v) is 6.00. The molecule has 8 nitrogen and oxygen atoms in total. The Kier molecular flexibility index (Phi) is 4.48. The molecule has 0 amide bonds. The molecular formula is C15H13BrN2O6. The number of nitro groups is 1. The highest BCUT2D eigenvalue weighted by atomic mass is 79.9. The molecule has 0 bridgehead atoms. The lowest BCUT2D eigenvalue weighted by Gasteiger charge is -2.14. The average molecular weight is 397 g/mol. The quantitative estimate of drug-likeness (QED) is 0.156. The van der Waals surface area contributed by atoms with E-state index in [0.717, 1.165) is 12.1 Å². The van der Waals surface area contributed by atoms with E-state index in [-0.39, 0.29) is 15.7 Å². The third kappa shape index (κ3) is 2.67. The zero-order valence-electron chi connectivity index (χ0n) is 13.0. The molecule has 0 aliphatic carbocycles. The van der Waals surface area contributed by atoms with Crippen molar-refractivity contribution in [2.45, 2.75) is 20.8 Å². The Labute approximate surface area is 144 Å². The molecule has 0 unspecified atom stereocenters. The van der Waals surface area contributed by atoms with Crippen LogP contribution in [0.1, 0.15) is 32.7 Å². The largest absolute Gasteiger partial charge is 0.618 e. The molecule has 0 saturated heterocycles. The minimum Gasteiger partial charge on any atom is -0.618 e. The van der Waals surface area contributed by atoms with Gasteiger partial charge in [-0.15, -0.1) is 0 Å². The molecule has 24 heavy (non-hydrogen) atoms. The van der Waals surface area contributed by atoms with Gasteiger partial charge in [0.1, 0.15) is 5.56 Å². The fourth-order valence-corrected chi connectivity index (χ4v) is 3.04. The van der Waals surface area contributed by atoms with Crippen LogP contribution in [0.3, 0.4) is 0 Å². The third-order valence-electron chi connectivity index (χ3n) is 3.93. The number of benzene rings is 1. The summed E-state index contributed by atoms with van der Waals surface area (Å²) in [4.78, 5) is 22.8. The topological polar surface area (TPSA) is 128 Å². The van der Waals surface area contributed by atoms with Gasteiger partial charge in [0, 0.05) is 40.0 Å². The smallest absolute Gasteiger partial charge is 0.315 e. The molecule has 0 fully saturated rings. The molecule has 0 saturated carbocycles. The van der Waals surface area contributed by atoms with Crippen LogP contribution in [0.2, 0.25) is 0 Å². The van der Waals surface area contributed by atoms with Gasteiger partial charge < -0.3 is 15.4 Å². The molecule has 0 aliphatic heterocycles. The zero-order chi connectivity index (χ0) is 18.3. The number of ketones is 1. The summed E-state index contributed by atoms with van der Waals surface area (Å²) in [6, 6.07) is 1.77. The van der Waals surface area contributed by atoms with Crippen molar-refractivity contribution in [1.82, 2.24) is 0 Å². The molecule has 0 radical (unpaired) electrons. The number of aromatic hydroxyl groups is 2. The number of rotatable bonds is 3. The molecule has 2 aromatic rings. The molecule has 1 aromatic carbocycles. The lowest BCUT2D eigenvalue weighted by molar-refractivity contribution is -0.624. The van der Waals surface area contributed by atoms with Crippen molar-refractivity contribution in [1.29, 1.82) is 0 Å². The summed E-state index contributed by atoms with van der Waals surface area (Å²) in [6.07, 6.45) is 0. The van der Waals surface area contributed by atoms with Gasteiger partial charge in [-0.3, -0.25) is 14.9 Å². The Morgan fingerprint density at radius 3 is 2.33 bits per heavy atom. The van der Waals surface area contributed by atoms with Gasteiger partial charge in [0.05, 0.1) is 4.92 Å². The predicted molar refractivity (Wildman–Crippen MR) is 87.2 cm³/mol. The van der Waals surface area contributed by atoms with Gasteiger partial charge in [0.15, 0.2) is 11.4 Å². The number of hydrogen-bond donors (Lipinski definition) is 2. The minimum absolute atomic E-state index is 0.0247. The molecule has 9 heteroatoms. The second-order valence-electron chi connectivity index (χ2n) is 5.24. The van der Waals surface area contributed by atoms with E-state index in [4.69, 9.17) is 0 Å². The second kappa shape index (κ2) is 6.08. The highest BCUT2D eigenvalue weighted by molar-refractivity contribution is 9.10. The van der Waals surface area contributed by atoms with Gasteiger partial charge in [-0.25, -0.2) is 0 Å². The van der Waals surface area contributed by atoms with Crippen LogP contribution in [-0.2, 0) is 0 Å². The minimum atomic E-state index is -0.925. The first kappa shape index (κ1) is 17.7. The Bertz CT molecular complexity index is 865. The standard InChI is InChI=1S/C15H13BrN2O6/c1-6-7(2)12(15(16)17(22)8(6)3)13(20)9-4-10(18(23)24)14(21)11(19)5-9/h4-5,19,21H,1-3H3. The summed E-state index contributed by atoms with van der Waals surface area (Å²) in [5, 5.41) is 42.2. The molecule has 2 rings (SSSR count). The summed E-state index contributed by atoms with van der Waals surface area (Å²) < 4.78 is 0.521. The highest BCUT2D eigenvalue weighted by Gasteiger charge is 2.28. The third-order valence-corrected chi connectivity index (χ3v) is 4.64. The van der Waals surface area contributed by atoms with Crippen molar-refractivity contribution in [2.24, 2.45) is 0 Å². The number of halogens is 1. The number of phenols is 2. The fourth-order valence-electron chi connectivity index (χ4n) is 2.30. The Morgan fingerprint density at radius 1 is 1.21 bits per heavy atom. The van der Waals surface area contributed by atoms with Crippen LogP contribution >= 0.6 is 15.9 Å². The van der Waals surface area contributed by atoms with Gasteiger partial charge in [0.25, 0.3) is 4.60 Å². The van der Waals surface area contributed by atoms with Crippen LogP contribution in [0.15, 0.2) is 16.7 Å². The van der Waals surface area contributed by atoms with Crippen LogP contribution in [0.5, 0.6) is 11.5 Å². The number of carbonyl (C=O) groups is 1. The maximum Gasteiger partial charge on any atom is 0.315 e. The summed E-state index contributed by atoms with van der Waals surface area (Å²) in [6.45, 7) is 4.93. The van der Waals surface area contributed by atoms with E-state index in [1.807, 2.05) is 0 Å². The van der Waals surface area contributed by atoms with Gasteiger partial charge >= 0.3 is 5.69 Å². The maximum atomic E-state index is 12.7. The maximum absolute atomic E-state index is 12.7. The molecule has 1 heterocycles. The SMILES string of the molecule is Cc1c(C)c(C)[n+]([O-])c(Br)c1C(=O)c1cc(O)c(O)c([N+](=O)[O-])c1. The van der Waals surface area contributed by atoms with Crippen LogP contribution in [0.25, 0.3) is 0 Å². The number of phenolic OH excluding ortho intramolecular Hbond substituents is 2. The fraction of sp³-hybridized carbons (Fsp3) is 0.200. The van der Waals surface area contributed by atoms with E-state index < -0.39 is 27.9 Å². The number of pyridine rings is 1. The Morgan fingerprint density at radius 2 is 1.79 bits per heavy atom. The van der Waals surface area contributed by atoms with E-state index in [1.165, 1.54) is 0 Å². The molecule has 2 N–H and O–H groups in total. The number of carbonyl (C=O) groups excluding carboxylic acids is 1. The van der Waals surface area contributed by atoms with E-state index >= 15 is 0 Å². The number of aromatic nitrogens is 1. The molecule has 126 valence electrons. The van der Waals surface area contributed by atoms with E-state index in [1.54, 1.807) is 20.8 Å². The van der Waals surface area contributed by atoms with Crippen molar-refractivity contribution < 1.29 is 24.7 Å². The Balaban J connectivity index is 2.74. The van der Waals surface area contributed by atoms with E-state index in [9.17, 15) is 30.3 Å². The van der Waals surface area contributed by atoms with Crippen LogP contribution in [0, 0.1) is 36.1 Å². The van der Waals surface area contributed by atoms with E-state index in [0.29, 0.717) is 21.6 Å². The van der Waals surface area contributed by atoms with Gasteiger partial charge in [-0.05, 0) is 25.5 Å². The van der Waals surface area contributed by atoms with Crippen LogP contribution < -0.4 is 4.73 Å². The number of nitro benzene ring substituents is 1. The van der Waals surface area contributed by atoms with E-state index in [2.05, 4.69) is 15.9 Å². The Hall–Kier alpha value is -2.68.